The Morgan fingerprint density at radius 1 is 1.22 bits per heavy atom. The number of rotatable bonds is 2. The van der Waals surface area contributed by atoms with E-state index in [9.17, 15) is 14.0 Å². The lowest BCUT2D eigenvalue weighted by atomic mass is 10.1. The van der Waals surface area contributed by atoms with Crippen molar-refractivity contribution in [3.63, 3.8) is 0 Å². The highest BCUT2D eigenvalue weighted by atomic mass is 19.1. The van der Waals surface area contributed by atoms with Crippen molar-refractivity contribution in [3.8, 4) is 0 Å². The molecule has 0 bridgehead atoms. The van der Waals surface area contributed by atoms with Gasteiger partial charge < -0.3 is 9.47 Å². The highest BCUT2D eigenvalue weighted by Crippen LogP contribution is 2.25. The Hall–Kier alpha value is -2.37. The van der Waals surface area contributed by atoms with E-state index in [-0.39, 0.29) is 17.8 Å². The van der Waals surface area contributed by atoms with Crippen LogP contribution in [0.25, 0.3) is 10.9 Å². The van der Waals surface area contributed by atoms with E-state index in [1.54, 1.807) is 40.7 Å². The van der Waals surface area contributed by atoms with Crippen LogP contribution in [0, 0.1) is 12.7 Å². The molecule has 124 valence electrons. The van der Waals surface area contributed by atoms with Gasteiger partial charge in [-0.25, -0.2) is 18.5 Å². The van der Waals surface area contributed by atoms with Gasteiger partial charge in [-0.05, 0) is 58.4 Å². The fourth-order valence-corrected chi connectivity index (χ4v) is 2.20. The van der Waals surface area contributed by atoms with E-state index in [0.29, 0.717) is 10.9 Å². The summed E-state index contributed by atoms with van der Waals surface area (Å²) in [6.07, 6.45) is -0.751. The van der Waals surface area contributed by atoms with Crippen LogP contribution in [0.2, 0.25) is 0 Å². The second kappa shape index (κ2) is 6.02. The highest BCUT2D eigenvalue weighted by molar-refractivity contribution is 6.01. The molecule has 1 aromatic heterocycles. The molecule has 0 aliphatic rings. The van der Waals surface area contributed by atoms with Crippen molar-refractivity contribution in [2.24, 2.45) is 0 Å². The standard InChI is InChI=1S/C17H20FNO4/c1-6-22-15(20)14-8-11-7-10(2)12(18)9-13(11)19(14)16(21)23-17(3,4)5/h7-9H,6H2,1-5H3. The first-order valence-electron chi connectivity index (χ1n) is 7.36. The number of nitrogens with zero attached hydrogens (tertiary/aromatic N) is 1. The third kappa shape index (κ3) is 3.52. The monoisotopic (exact) mass is 321 g/mol. The van der Waals surface area contributed by atoms with Crippen LogP contribution < -0.4 is 0 Å². The summed E-state index contributed by atoms with van der Waals surface area (Å²) in [4.78, 5) is 24.6. The van der Waals surface area contributed by atoms with Crippen LogP contribution in [0.4, 0.5) is 9.18 Å². The minimum Gasteiger partial charge on any atom is -0.461 e. The first kappa shape index (κ1) is 17.0. The van der Waals surface area contributed by atoms with Gasteiger partial charge in [0.2, 0.25) is 0 Å². The number of ether oxygens (including phenoxy) is 2. The number of halogens is 1. The van der Waals surface area contributed by atoms with Gasteiger partial charge in [0.1, 0.15) is 17.1 Å². The number of fused-ring (bicyclic) bond motifs is 1. The Labute approximate surface area is 134 Å². The predicted molar refractivity (Wildman–Crippen MR) is 84.2 cm³/mol. The van der Waals surface area contributed by atoms with Gasteiger partial charge in [-0.3, -0.25) is 0 Å². The summed E-state index contributed by atoms with van der Waals surface area (Å²) >= 11 is 0. The minimum atomic E-state index is -0.751. The molecule has 0 radical (unpaired) electrons. The van der Waals surface area contributed by atoms with Crippen molar-refractivity contribution in [3.05, 3.63) is 35.3 Å². The SMILES string of the molecule is CCOC(=O)c1cc2cc(C)c(F)cc2n1C(=O)OC(C)(C)C. The van der Waals surface area contributed by atoms with Crippen molar-refractivity contribution in [1.29, 1.82) is 0 Å². The fourth-order valence-electron chi connectivity index (χ4n) is 2.20. The zero-order valence-corrected chi connectivity index (χ0v) is 13.9. The number of esters is 1. The summed E-state index contributed by atoms with van der Waals surface area (Å²) in [6, 6.07) is 4.30. The lowest BCUT2D eigenvalue weighted by Crippen LogP contribution is -2.29. The van der Waals surface area contributed by atoms with Crippen LogP contribution in [0.3, 0.4) is 0 Å². The van der Waals surface area contributed by atoms with Crippen molar-refractivity contribution in [2.45, 2.75) is 40.2 Å². The van der Waals surface area contributed by atoms with Crippen LogP contribution in [0.5, 0.6) is 0 Å². The topological polar surface area (TPSA) is 57.5 Å². The van der Waals surface area contributed by atoms with Gasteiger partial charge in [-0.1, -0.05) is 0 Å². The lowest BCUT2D eigenvalue weighted by Gasteiger charge is -2.20. The molecule has 0 aliphatic carbocycles. The molecule has 0 unspecified atom stereocenters. The van der Waals surface area contributed by atoms with E-state index in [0.717, 1.165) is 4.57 Å². The van der Waals surface area contributed by atoms with E-state index in [4.69, 9.17) is 9.47 Å². The summed E-state index contributed by atoms with van der Waals surface area (Å²) in [5.74, 6) is -1.12. The Morgan fingerprint density at radius 2 is 1.87 bits per heavy atom. The molecule has 0 atom stereocenters. The Balaban J connectivity index is 2.66. The largest absolute Gasteiger partial charge is 0.461 e. The number of benzene rings is 1. The fraction of sp³-hybridized carbons (Fsp3) is 0.412. The molecule has 0 aliphatic heterocycles. The normalized spacial score (nSPS) is 11.6. The second-order valence-electron chi connectivity index (χ2n) is 6.23. The summed E-state index contributed by atoms with van der Waals surface area (Å²) in [5, 5.41) is 0.567. The summed E-state index contributed by atoms with van der Waals surface area (Å²) in [6.45, 7) is 8.59. The first-order valence-corrected chi connectivity index (χ1v) is 7.36. The third-order valence-corrected chi connectivity index (χ3v) is 3.14. The van der Waals surface area contributed by atoms with E-state index in [1.165, 1.54) is 12.1 Å². The van der Waals surface area contributed by atoms with Gasteiger partial charge in [0.05, 0.1) is 12.1 Å². The predicted octanol–water partition coefficient (Wildman–Crippen LogP) is 4.05. The third-order valence-electron chi connectivity index (χ3n) is 3.14. The van der Waals surface area contributed by atoms with E-state index < -0.39 is 23.5 Å². The number of hydrogen-bond donors (Lipinski definition) is 0. The molecule has 6 heteroatoms. The molecule has 1 heterocycles. The minimum absolute atomic E-state index is 0.0149. The zero-order chi connectivity index (χ0) is 17.4. The molecule has 2 rings (SSSR count). The maximum absolute atomic E-state index is 13.9. The van der Waals surface area contributed by atoms with E-state index in [2.05, 4.69) is 0 Å². The van der Waals surface area contributed by atoms with Crippen molar-refractivity contribution < 1.29 is 23.5 Å². The first-order chi connectivity index (χ1) is 10.6. The van der Waals surface area contributed by atoms with Gasteiger partial charge in [-0.2, -0.15) is 0 Å². The van der Waals surface area contributed by atoms with Crippen LogP contribution in [-0.4, -0.2) is 28.8 Å². The lowest BCUT2D eigenvalue weighted by molar-refractivity contribution is 0.0454. The number of aromatic nitrogens is 1. The summed E-state index contributed by atoms with van der Waals surface area (Å²) < 4.78 is 25.3. The van der Waals surface area contributed by atoms with Crippen LogP contribution in [0.15, 0.2) is 18.2 Å². The van der Waals surface area contributed by atoms with Crippen molar-refractivity contribution in [2.75, 3.05) is 6.61 Å². The molecule has 2 aromatic rings. The molecule has 1 aromatic carbocycles. The average molecular weight is 321 g/mol. The van der Waals surface area contributed by atoms with Crippen LogP contribution >= 0.6 is 0 Å². The quantitative estimate of drug-likeness (QED) is 0.783. The van der Waals surface area contributed by atoms with Crippen molar-refractivity contribution >= 4 is 23.0 Å². The van der Waals surface area contributed by atoms with E-state index in [1.807, 2.05) is 0 Å². The second-order valence-corrected chi connectivity index (χ2v) is 6.23. The molecule has 23 heavy (non-hydrogen) atoms. The van der Waals surface area contributed by atoms with Gasteiger partial charge in [0.15, 0.2) is 0 Å². The number of carbonyl (C=O) groups is 2. The highest BCUT2D eigenvalue weighted by Gasteiger charge is 2.26. The summed E-state index contributed by atoms with van der Waals surface area (Å²) in [5.41, 5.74) is -0.0381. The molecule has 0 N–H and O–H groups in total. The number of hydrogen-bond acceptors (Lipinski definition) is 4. The molecule has 0 saturated carbocycles. The van der Waals surface area contributed by atoms with Gasteiger partial charge in [-0.15, -0.1) is 0 Å². The average Bonchev–Trinajstić information content (AvgIpc) is 2.76. The molecule has 0 saturated heterocycles. The molecule has 0 amide bonds. The Morgan fingerprint density at radius 3 is 2.43 bits per heavy atom. The maximum Gasteiger partial charge on any atom is 0.419 e. The molecule has 5 nitrogen and oxygen atoms in total. The van der Waals surface area contributed by atoms with Crippen LogP contribution in [-0.2, 0) is 9.47 Å². The summed E-state index contributed by atoms with van der Waals surface area (Å²) in [7, 11) is 0. The van der Waals surface area contributed by atoms with Crippen LogP contribution in [0.1, 0.15) is 43.7 Å². The van der Waals surface area contributed by atoms with Gasteiger partial charge >= 0.3 is 12.1 Å². The van der Waals surface area contributed by atoms with E-state index >= 15 is 0 Å². The maximum atomic E-state index is 13.9. The smallest absolute Gasteiger partial charge is 0.419 e. The van der Waals surface area contributed by atoms with Crippen molar-refractivity contribution in [1.82, 2.24) is 4.57 Å². The zero-order valence-electron chi connectivity index (χ0n) is 13.9. The number of carbonyl (C=O) groups excluding carboxylic acids is 2. The van der Waals surface area contributed by atoms with Gasteiger partial charge in [0, 0.05) is 5.39 Å². The van der Waals surface area contributed by atoms with Gasteiger partial charge in [0.25, 0.3) is 0 Å². The molecular weight excluding hydrogens is 301 g/mol. The number of aryl methyl sites for hydroxylation is 1. The molecule has 0 spiro atoms. The molecule has 0 fully saturated rings. The molecular formula is C17H20FNO4. The Bertz CT molecular complexity index is 771. The Kier molecular flexibility index (Phi) is 4.45.